The van der Waals surface area contributed by atoms with Crippen LogP contribution in [0.15, 0.2) is 60.8 Å². The Kier molecular flexibility index (Phi) is 46.4. The highest BCUT2D eigenvalue weighted by Gasteiger charge is 2.19. The summed E-state index contributed by atoms with van der Waals surface area (Å²) in [6.07, 6.45) is 59.1. The first-order valence-corrected chi connectivity index (χ1v) is 25.3. The highest BCUT2D eigenvalue weighted by atomic mass is 16.6. The molecule has 0 bridgehead atoms. The number of carbonyl (C=O) groups excluding carboxylic acids is 3. The third kappa shape index (κ3) is 46.2. The minimum Gasteiger partial charge on any atom is -0.462 e. The van der Waals surface area contributed by atoms with Gasteiger partial charge in [-0.25, -0.2) is 0 Å². The van der Waals surface area contributed by atoms with Crippen molar-refractivity contribution in [3.63, 3.8) is 0 Å². The van der Waals surface area contributed by atoms with Crippen LogP contribution >= 0.6 is 0 Å². The van der Waals surface area contributed by atoms with Gasteiger partial charge in [-0.15, -0.1) is 0 Å². The van der Waals surface area contributed by atoms with Gasteiger partial charge in [-0.1, -0.05) is 184 Å². The largest absolute Gasteiger partial charge is 0.462 e. The van der Waals surface area contributed by atoms with Crippen molar-refractivity contribution in [2.24, 2.45) is 0 Å². The maximum atomic E-state index is 12.8. The van der Waals surface area contributed by atoms with Crippen LogP contribution in [0.25, 0.3) is 0 Å². The van der Waals surface area contributed by atoms with E-state index in [-0.39, 0.29) is 31.1 Å². The molecule has 0 heterocycles. The summed E-state index contributed by atoms with van der Waals surface area (Å²) in [6, 6.07) is 0. The molecule has 0 N–H and O–H groups in total. The van der Waals surface area contributed by atoms with E-state index in [2.05, 4.69) is 81.5 Å². The molecule has 0 aliphatic carbocycles. The zero-order valence-corrected chi connectivity index (χ0v) is 39.5. The lowest BCUT2D eigenvalue weighted by atomic mass is 10.1. The maximum Gasteiger partial charge on any atom is 0.306 e. The molecule has 0 fully saturated rings. The van der Waals surface area contributed by atoms with Crippen LogP contribution < -0.4 is 0 Å². The molecule has 0 amide bonds. The van der Waals surface area contributed by atoms with E-state index in [1.807, 2.05) is 0 Å². The zero-order valence-electron chi connectivity index (χ0n) is 39.5. The molecule has 0 aromatic carbocycles. The Balaban J connectivity index is 4.44. The average molecular weight is 839 g/mol. The summed E-state index contributed by atoms with van der Waals surface area (Å²) in [6.45, 7) is 6.52. The van der Waals surface area contributed by atoms with Crippen LogP contribution in [0.2, 0.25) is 0 Å². The van der Waals surface area contributed by atoms with E-state index < -0.39 is 6.10 Å². The molecule has 6 nitrogen and oxygen atoms in total. The zero-order chi connectivity index (χ0) is 43.7. The number of unbranched alkanes of at least 4 members (excludes halogenated alkanes) is 24. The Hall–Kier alpha value is -2.89. The second kappa shape index (κ2) is 48.8. The molecule has 0 rings (SSSR count). The van der Waals surface area contributed by atoms with E-state index >= 15 is 0 Å². The van der Waals surface area contributed by atoms with E-state index in [0.29, 0.717) is 19.3 Å². The molecule has 0 spiro atoms. The van der Waals surface area contributed by atoms with Crippen LogP contribution in [0.1, 0.15) is 245 Å². The summed E-state index contributed by atoms with van der Waals surface area (Å²) in [7, 11) is 0. The number of hydrogen-bond acceptors (Lipinski definition) is 6. The van der Waals surface area contributed by atoms with Gasteiger partial charge in [-0.3, -0.25) is 14.4 Å². The number of rotatable bonds is 45. The van der Waals surface area contributed by atoms with Gasteiger partial charge in [0.05, 0.1) is 0 Å². The summed E-state index contributed by atoms with van der Waals surface area (Å²) in [5, 5.41) is 0. The first kappa shape index (κ1) is 57.1. The Morgan fingerprint density at radius 3 is 1.02 bits per heavy atom. The fraction of sp³-hybridized carbons (Fsp3) is 0.759. The smallest absolute Gasteiger partial charge is 0.306 e. The summed E-state index contributed by atoms with van der Waals surface area (Å²) in [4.78, 5) is 37.9. The van der Waals surface area contributed by atoms with Gasteiger partial charge in [-0.05, 0) is 103 Å². The molecule has 0 unspecified atom stereocenters. The second-order valence-electron chi connectivity index (χ2n) is 16.7. The summed E-state index contributed by atoms with van der Waals surface area (Å²) >= 11 is 0. The van der Waals surface area contributed by atoms with Gasteiger partial charge in [0.25, 0.3) is 0 Å². The van der Waals surface area contributed by atoms with E-state index in [1.54, 1.807) is 0 Å². The molecular weight excluding hydrogens is 745 g/mol. The third-order valence-corrected chi connectivity index (χ3v) is 10.7. The molecule has 60 heavy (non-hydrogen) atoms. The minimum absolute atomic E-state index is 0.0889. The van der Waals surface area contributed by atoms with E-state index in [9.17, 15) is 14.4 Å². The van der Waals surface area contributed by atoms with E-state index in [1.165, 1.54) is 96.3 Å². The number of ether oxygens (including phenoxy) is 3. The summed E-state index contributed by atoms with van der Waals surface area (Å²) in [5.74, 6) is -0.923. The SMILES string of the molecule is CCCC/C=C/C/C=C/CCCCCCCC(=O)O[C@@H](COC(=O)CCCCCCC/C=C/C/C=C/CCCCC)COC(=O)CCCCCCC/C=C/CCCCCC. The number of esters is 3. The van der Waals surface area contributed by atoms with Crippen LogP contribution in [0.5, 0.6) is 0 Å². The molecule has 0 saturated carbocycles. The molecule has 346 valence electrons. The Morgan fingerprint density at radius 1 is 0.333 bits per heavy atom. The number of hydrogen-bond donors (Lipinski definition) is 0. The van der Waals surface area contributed by atoms with Crippen molar-refractivity contribution < 1.29 is 28.6 Å². The fourth-order valence-corrected chi connectivity index (χ4v) is 6.83. The standard InChI is InChI=1S/C54H94O6/c1-4-7-10-13-16-19-22-25-27-30-32-35-38-41-44-47-53(56)59-50-51(49-58-52(55)46-43-40-37-34-31-28-24-21-18-15-12-9-6-3)60-54(57)48-45-42-39-36-33-29-26-23-20-17-14-11-8-5-2/h14,16-17,19,21,23-27,51H,4-13,15,18,20,22,28-50H2,1-3H3/b17-14+,19-16+,24-21+,26-23+,27-25+/t51-/m1/s1. The van der Waals surface area contributed by atoms with Crippen molar-refractivity contribution in [1.82, 2.24) is 0 Å². The van der Waals surface area contributed by atoms with Gasteiger partial charge in [0, 0.05) is 19.3 Å². The van der Waals surface area contributed by atoms with Gasteiger partial charge >= 0.3 is 17.9 Å². The van der Waals surface area contributed by atoms with Gasteiger partial charge in [0.15, 0.2) is 6.10 Å². The van der Waals surface area contributed by atoms with Crippen LogP contribution in [-0.2, 0) is 28.6 Å². The lowest BCUT2D eigenvalue weighted by Gasteiger charge is -2.18. The van der Waals surface area contributed by atoms with E-state index in [4.69, 9.17) is 14.2 Å². The second-order valence-corrected chi connectivity index (χ2v) is 16.7. The van der Waals surface area contributed by atoms with Crippen molar-refractivity contribution in [3.05, 3.63) is 60.8 Å². The van der Waals surface area contributed by atoms with Crippen molar-refractivity contribution in [2.45, 2.75) is 252 Å². The molecule has 0 aromatic heterocycles. The first-order chi connectivity index (χ1) is 29.5. The van der Waals surface area contributed by atoms with Gasteiger partial charge < -0.3 is 14.2 Å². The van der Waals surface area contributed by atoms with Gasteiger partial charge in [0.1, 0.15) is 13.2 Å². The predicted molar refractivity (Wildman–Crippen MR) is 256 cm³/mol. The monoisotopic (exact) mass is 839 g/mol. The summed E-state index contributed by atoms with van der Waals surface area (Å²) < 4.78 is 16.8. The van der Waals surface area contributed by atoms with Gasteiger partial charge in [0.2, 0.25) is 0 Å². The van der Waals surface area contributed by atoms with Crippen molar-refractivity contribution in [2.75, 3.05) is 13.2 Å². The quantitative estimate of drug-likeness (QED) is 0.0263. The van der Waals surface area contributed by atoms with Crippen LogP contribution in [0.3, 0.4) is 0 Å². The number of allylic oxidation sites excluding steroid dienone is 10. The molecule has 0 aromatic rings. The van der Waals surface area contributed by atoms with Crippen LogP contribution in [0, 0.1) is 0 Å². The molecule has 0 aliphatic rings. The molecule has 1 atom stereocenters. The molecule has 6 heteroatoms. The molecule has 0 radical (unpaired) electrons. The molecular formula is C54H94O6. The summed E-state index contributed by atoms with van der Waals surface area (Å²) in [5.41, 5.74) is 0. The van der Waals surface area contributed by atoms with Crippen LogP contribution in [-0.4, -0.2) is 37.2 Å². The predicted octanol–water partition coefficient (Wildman–Crippen LogP) is 16.5. The van der Waals surface area contributed by atoms with Crippen molar-refractivity contribution in [3.8, 4) is 0 Å². The third-order valence-electron chi connectivity index (χ3n) is 10.7. The average Bonchev–Trinajstić information content (AvgIpc) is 3.24. The maximum absolute atomic E-state index is 12.8. The van der Waals surface area contributed by atoms with E-state index in [0.717, 1.165) is 109 Å². The van der Waals surface area contributed by atoms with Crippen LogP contribution in [0.4, 0.5) is 0 Å². The normalized spacial score (nSPS) is 12.5. The molecule has 0 saturated heterocycles. The topological polar surface area (TPSA) is 78.9 Å². The highest BCUT2D eigenvalue weighted by molar-refractivity contribution is 5.71. The van der Waals surface area contributed by atoms with Crippen molar-refractivity contribution in [1.29, 1.82) is 0 Å². The fourth-order valence-electron chi connectivity index (χ4n) is 6.83. The molecule has 0 aliphatic heterocycles. The minimum atomic E-state index is -0.789. The Bertz CT molecular complexity index is 1100. The lowest BCUT2D eigenvalue weighted by molar-refractivity contribution is -0.167. The first-order valence-electron chi connectivity index (χ1n) is 25.3. The lowest BCUT2D eigenvalue weighted by Crippen LogP contribution is -2.30. The highest BCUT2D eigenvalue weighted by Crippen LogP contribution is 2.13. The Morgan fingerprint density at radius 2 is 0.617 bits per heavy atom. The van der Waals surface area contributed by atoms with Gasteiger partial charge in [-0.2, -0.15) is 0 Å². The number of carbonyl (C=O) groups is 3. The van der Waals surface area contributed by atoms with Crippen molar-refractivity contribution >= 4 is 17.9 Å². The Labute approximate surface area is 370 Å².